The van der Waals surface area contributed by atoms with Crippen molar-refractivity contribution in [1.82, 2.24) is 0 Å². The zero-order valence-corrected chi connectivity index (χ0v) is 37.6. The van der Waals surface area contributed by atoms with Crippen LogP contribution in [0.2, 0.25) is 0 Å². The summed E-state index contributed by atoms with van der Waals surface area (Å²) in [6, 6.07) is 0. The number of quaternary nitrogens is 1. The van der Waals surface area contributed by atoms with E-state index in [2.05, 4.69) is 123 Å². The average molecular weight is 829 g/mol. The molecule has 0 heterocycles. The van der Waals surface area contributed by atoms with Gasteiger partial charge < -0.3 is 18.9 Å². The molecule has 0 fully saturated rings. The predicted molar refractivity (Wildman–Crippen MR) is 242 cm³/mol. The second-order valence-electron chi connectivity index (χ2n) is 15.0. The molecule has 1 N–H and O–H groups in total. The fourth-order valence-corrected chi connectivity index (χ4v) is 5.71. The Morgan fingerprint density at radius 2 is 0.931 bits per heavy atom. The minimum Gasteiger partial charge on any atom is -0.462 e. The summed E-state index contributed by atoms with van der Waals surface area (Å²) in [7, 11) is 1.41. The molecule has 0 bridgehead atoms. The van der Waals surface area contributed by atoms with Gasteiger partial charge in [0, 0.05) is 12.8 Å². The molecule has 0 aromatic heterocycles. The highest BCUT2D eigenvalue weighted by Gasteiger charge is 2.27. The van der Waals surface area contributed by atoms with Gasteiger partial charge >= 0.3 is 19.8 Å². The van der Waals surface area contributed by atoms with Gasteiger partial charge in [-0.2, -0.15) is 0 Å². The van der Waals surface area contributed by atoms with Gasteiger partial charge in [0.15, 0.2) is 6.10 Å². The van der Waals surface area contributed by atoms with Crippen molar-refractivity contribution in [3.8, 4) is 0 Å². The molecule has 9 nitrogen and oxygen atoms in total. The Labute approximate surface area is 353 Å². The maximum absolute atomic E-state index is 12.7. The van der Waals surface area contributed by atoms with Gasteiger partial charge in [-0.05, 0) is 96.3 Å². The van der Waals surface area contributed by atoms with Crippen LogP contribution in [-0.2, 0) is 32.7 Å². The molecule has 0 aliphatic rings. The lowest BCUT2D eigenvalue weighted by Crippen LogP contribution is -2.37. The van der Waals surface area contributed by atoms with Crippen molar-refractivity contribution in [2.24, 2.45) is 0 Å². The first-order valence-electron chi connectivity index (χ1n) is 21.6. The summed E-state index contributed by atoms with van der Waals surface area (Å²) in [5, 5.41) is 0. The van der Waals surface area contributed by atoms with Gasteiger partial charge in [0.2, 0.25) is 0 Å². The Morgan fingerprint density at radius 3 is 1.38 bits per heavy atom. The van der Waals surface area contributed by atoms with Crippen LogP contribution in [0.3, 0.4) is 0 Å². The second-order valence-corrected chi connectivity index (χ2v) is 16.4. The van der Waals surface area contributed by atoms with Gasteiger partial charge in [0.05, 0.1) is 27.7 Å². The van der Waals surface area contributed by atoms with Crippen LogP contribution in [-0.4, -0.2) is 74.9 Å². The molecule has 0 spiro atoms. The van der Waals surface area contributed by atoms with Crippen LogP contribution in [0.25, 0.3) is 0 Å². The number of ether oxygens (including phenoxy) is 2. The first-order valence-corrected chi connectivity index (χ1v) is 23.1. The number of phosphoric acid groups is 1. The molecule has 0 aromatic rings. The number of nitrogens with zero attached hydrogens (tertiary/aromatic N) is 1. The number of hydrogen-bond acceptors (Lipinski definition) is 7. The zero-order chi connectivity index (χ0) is 42.8. The highest BCUT2D eigenvalue weighted by Crippen LogP contribution is 2.43. The Balaban J connectivity index is 4.53. The highest BCUT2D eigenvalue weighted by atomic mass is 31.2. The summed E-state index contributed by atoms with van der Waals surface area (Å²) in [6.45, 7) is 4.07. The minimum atomic E-state index is -4.40. The van der Waals surface area contributed by atoms with E-state index in [1.54, 1.807) is 0 Å². The van der Waals surface area contributed by atoms with E-state index in [-0.39, 0.29) is 26.1 Å². The maximum Gasteiger partial charge on any atom is 0.472 e. The third-order valence-corrected chi connectivity index (χ3v) is 9.28. The SMILES string of the molecule is CC/C=C/C/C=C/C/C=C/C/C=C/C/C=C/CCCCCC(=O)O[C@H](COC(=O)CCCC/C=C/C/C=C/C/C=C/C/C=C/CC)COP(=O)(O)OCC[N+](C)(C)C. The zero-order valence-electron chi connectivity index (χ0n) is 36.7. The molecule has 0 saturated heterocycles. The summed E-state index contributed by atoms with van der Waals surface area (Å²) in [6.07, 6.45) is 52.9. The quantitative estimate of drug-likeness (QED) is 0.0217. The largest absolute Gasteiger partial charge is 0.472 e. The standard InChI is InChI=1S/C48H78NO8P/c1-6-8-10-12-14-16-18-20-22-23-24-25-27-29-31-33-35-37-39-41-48(51)57-46(45-56-58(52,53)55-43-42-49(3,4)5)44-54-47(50)40-38-36-34-32-30-28-26-21-19-17-15-13-11-9-7-2/h8-11,14-17,20-22,24-26,29-32,46H,6-7,12-13,18-19,23,27-28,33-45H2,1-5H3/p+1/b10-8+,11-9+,16-14+,17-15+,22-20+,25-24+,26-21+,31-29+,32-30+/t46-/m1/s1. The molecule has 0 saturated carbocycles. The summed E-state index contributed by atoms with van der Waals surface area (Å²) in [4.78, 5) is 35.3. The molecule has 328 valence electrons. The van der Waals surface area contributed by atoms with E-state index in [9.17, 15) is 19.0 Å². The van der Waals surface area contributed by atoms with Crippen molar-refractivity contribution in [2.45, 2.75) is 136 Å². The van der Waals surface area contributed by atoms with Crippen LogP contribution in [0.5, 0.6) is 0 Å². The van der Waals surface area contributed by atoms with Crippen LogP contribution in [0.15, 0.2) is 109 Å². The number of carbonyl (C=O) groups excluding carboxylic acids is 2. The third kappa shape index (κ3) is 42.3. The molecule has 1 unspecified atom stereocenters. The van der Waals surface area contributed by atoms with Crippen molar-refractivity contribution in [1.29, 1.82) is 0 Å². The molecule has 0 amide bonds. The summed E-state index contributed by atoms with van der Waals surface area (Å²) < 4.78 is 34.2. The monoisotopic (exact) mass is 829 g/mol. The van der Waals surface area contributed by atoms with Crippen LogP contribution in [0.4, 0.5) is 0 Å². The van der Waals surface area contributed by atoms with E-state index in [0.29, 0.717) is 23.9 Å². The number of hydrogen-bond donors (Lipinski definition) is 1. The highest BCUT2D eigenvalue weighted by molar-refractivity contribution is 7.47. The summed E-state index contributed by atoms with van der Waals surface area (Å²) in [5.41, 5.74) is 0. The van der Waals surface area contributed by atoms with Gasteiger partial charge in [-0.25, -0.2) is 4.57 Å². The maximum atomic E-state index is 12.7. The number of phosphoric ester groups is 1. The third-order valence-electron chi connectivity index (χ3n) is 8.30. The lowest BCUT2D eigenvalue weighted by Gasteiger charge is -2.24. The summed E-state index contributed by atoms with van der Waals surface area (Å²) in [5.74, 6) is -0.899. The number of rotatable bonds is 37. The first-order chi connectivity index (χ1) is 28.0. The molecule has 2 atom stereocenters. The van der Waals surface area contributed by atoms with E-state index in [4.69, 9.17) is 18.5 Å². The average Bonchev–Trinajstić information content (AvgIpc) is 3.17. The number of unbranched alkanes of at least 4 members (excludes halogenated alkanes) is 5. The smallest absolute Gasteiger partial charge is 0.462 e. The first kappa shape index (κ1) is 54.7. The fraction of sp³-hybridized carbons (Fsp3) is 0.583. The van der Waals surface area contributed by atoms with Crippen molar-refractivity contribution >= 4 is 19.8 Å². The Kier molecular flexibility index (Phi) is 36.9. The molecule has 0 aromatic carbocycles. The van der Waals surface area contributed by atoms with Crippen molar-refractivity contribution in [3.63, 3.8) is 0 Å². The van der Waals surface area contributed by atoms with Crippen molar-refractivity contribution < 1.29 is 42.1 Å². The van der Waals surface area contributed by atoms with Gasteiger partial charge in [0.1, 0.15) is 19.8 Å². The van der Waals surface area contributed by atoms with Gasteiger partial charge in [-0.15, -0.1) is 0 Å². The van der Waals surface area contributed by atoms with E-state index < -0.39 is 32.5 Å². The molecule has 0 radical (unpaired) electrons. The van der Waals surface area contributed by atoms with Gasteiger partial charge in [0.25, 0.3) is 0 Å². The van der Waals surface area contributed by atoms with Crippen LogP contribution in [0, 0.1) is 0 Å². The molecule has 0 rings (SSSR count). The van der Waals surface area contributed by atoms with Crippen LogP contribution >= 0.6 is 7.82 Å². The molecular formula is C48H79NO8P+. The predicted octanol–water partition coefficient (Wildman–Crippen LogP) is 12.3. The Hall–Kier alpha value is -3.33. The van der Waals surface area contributed by atoms with Crippen molar-refractivity contribution in [3.05, 3.63) is 109 Å². The number of carbonyl (C=O) groups is 2. The van der Waals surface area contributed by atoms with Gasteiger partial charge in [-0.1, -0.05) is 130 Å². The lowest BCUT2D eigenvalue weighted by molar-refractivity contribution is -0.870. The molecule has 58 heavy (non-hydrogen) atoms. The molecule has 10 heteroatoms. The second kappa shape index (κ2) is 39.1. The number of likely N-dealkylation sites (N-methyl/N-ethyl adjacent to an activating group) is 1. The van der Waals surface area contributed by atoms with Crippen molar-refractivity contribution in [2.75, 3.05) is 47.5 Å². The normalized spacial score (nSPS) is 14.7. The minimum absolute atomic E-state index is 0.0112. The number of allylic oxidation sites excluding steroid dienone is 18. The Morgan fingerprint density at radius 1 is 0.534 bits per heavy atom. The van der Waals surface area contributed by atoms with E-state index in [0.717, 1.165) is 89.9 Å². The van der Waals surface area contributed by atoms with Gasteiger partial charge in [-0.3, -0.25) is 18.6 Å². The number of esters is 2. The molecular weight excluding hydrogens is 750 g/mol. The summed E-state index contributed by atoms with van der Waals surface area (Å²) >= 11 is 0. The Bertz CT molecular complexity index is 1350. The van der Waals surface area contributed by atoms with Crippen LogP contribution in [0.1, 0.15) is 129 Å². The molecule has 0 aliphatic carbocycles. The van der Waals surface area contributed by atoms with E-state index in [1.807, 2.05) is 21.1 Å². The van der Waals surface area contributed by atoms with Crippen LogP contribution < -0.4 is 0 Å². The van der Waals surface area contributed by atoms with E-state index >= 15 is 0 Å². The lowest BCUT2D eigenvalue weighted by atomic mass is 10.1. The fourth-order valence-electron chi connectivity index (χ4n) is 4.97. The topological polar surface area (TPSA) is 108 Å². The van der Waals surface area contributed by atoms with E-state index in [1.165, 1.54) is 0 Å². The molecule has 0 aliphatic heterocycles.